The lowest BCUT2D eigenvalue weighted by Crippen LogP contribution is -3.14. The van der Waals surface area contributed by atoms with Crippen molar-refractivity contribution >= 4 is 12.0 Å². The molecule has 0 spiro atoms. The Hall–Kier alpha value is -1.81. The normalized spacial score (nSPS) is 16.6. The van der Waals surface area contributed by atoms with Crippen LogP contribution in [0.5, 0.6) is 5.75 Å². The van der Waals surface area contributed by atoms with E-state index in [2.05, 4.69) is 18.2 Å². The quantitative estimate of drug-likeness (QED) is 0.866. The van der Waals surface area contributed by atoms with Crippen LogP contribution >= 0.6 is 0 Å². The van der Waals surface area contributed by atoms with Crippen LogP contribution in [-0.4, -0.2) is 50.6 Å². The molecule has 0 radical (unpaired) electrons. The predicted octanol–water partition coefficient (Wildman–Crippen LogP) is 0.455. The van der Waals surface area contributed by atoms with Gasteiger partial charge in [-0.2, -0.15) is 0 Å². The number of benzene rings is 1. The summed E-state index contributed by atoms with van der Waals surface area (Å²) in [4.78, 5) is 14.7. The van der Waals surface area contributed by atoms with Crippen molar-refractivity contribution in [3.05, 3.63) is 35.9 Å². The molecule has 4 heteroatoms. The average Bonchev–Trinajstić information content (AvgIpc) is 2.48. The number of piperazine rings is 1. The van der Waals surface area contributed by atoms with Crippen LogP contribution < -0.4 is 9.64 Å². The third-order valence-electron chi connectivity index (χ3n) is 3.76. The summed E-state index contributed by atoms with van der Waals surface area (Å²) in [5.41, 5.74) is 1.11. The van der Waals surface area contributed by atoms with Crippen molar-refractivity contribution in [1.82, 2.24) is 4.90 Å². The first-order chi connectivity index (χ1) is 9.70. The highest BCUT2D eigenvalue weighted by Gasteiger charge is 2.20. The second kappa shape index (κ2) is 7.10. The maximum Gasteiger partial charge on any atom is 0.219 e. The number of nitrogens with one attached hydrogen (secondary N) is 1. The van der Waals surface area contributed by atoms with Crippen LogP contribution in [-0.2, 0) is 4.79 Å². The van der Waals surface area contributed by atoms with E-state index in [1.165, 1.54) is 4.90 Å². The second-order valence-corrected chi connectivity index (χ2v) is 5.10. The van der Waals surface area contributed by atoms with E-state index in [0.717, 1.165) is 44.0 Å². The van der Waals surface area contributed by atoms with E-state index in [1.54, 1.807) is 14.0 Å². The van der Waals surface area contributed by atoms with Gasteiger partial charge in [0.15, 0.2) is 0 Å². The molecule has 4 nitrogen and oxygen atoms in total. The fraction of sp³-hybridized carbons (Fsp3) is 0.438. The summed E-state index contributed by atoms with van der Waals surface area (Å²) in [6, 6.07) is 8.01. The van der Waals surface area contributed by atoms with Crippen molar-refractivity contribution in [2.24, 2.45) is 0 Å². The van der Waals surface area contributed by atoms with Crippen LogP contribution in [0.15, 0.2) is 30.3 Å². The molecule has 1 aliphatic heterocycles. The number of nitrogens with zero attached hydrogens (tertiary/aromatic N) is 1. The molecule has 0 saturated carbocycles. The molecule has 1 aliphatic rings. The van der Waals surface area contributed by atoms with E-state index < -0.39 is 0 Å². The molecule has 0 aromatic heterocycles. The molecule has 1 aromatic rings. The van der Waals surface area contributed by atoms with Crippen LogP contribution in [0, 0.1) is 0 Å². The molecule has 20 heavy (non-hydrogen) atoms. The highest BCUT2D eigenvalue weighted by Crippen LogP contribution is 2.18. The number of hydrogen-bond acceptors (Lipinski definition) is 2. The van der Waals surface area contributed by atoms with Crippen LogP contribution in [0.4, 0.5) is 0 Å². The summed E-state index contributed by atoms with van der Waals surface area (Å²) >= 11 is 0. The van der Waals surface area contributed by atoms with Gasteiger partial charge in [-0.3, -0.25) is 4.79 Å². The van der Waals surface area contributed by atoms with Crippen molar-refractivity contribution < 1.29 is 14.4 Å². The summed E-state index contributed by atoms with van der Waals surface area (Å²) in [5.74, 6) is 1.09. The number of rotatable bonds is 4. The fourth-order valence-electron chi connectivity index (χ4n) is 2.50. The van der Waals surface area contributed by atoms with E-state index in [4.69, 9.17) is 4.74 Å². The average molecular weight is 275 g/mol. The van der Waals surface area contributed by atoms with Gasteiger partial charge in [-0.15, -0.1) is 0 Å². The Labute approximate surface area is 120 Å². The lowest BCUT2D eigenvalue weighted by atomic mass is 10.2. The largest absolute Gasteiger partial charge is 0.496 e. The molecule has 1 N–H and O–H groups in total. The fourth-order valence-corrected chi connectivity index (χ4v) is 2.50. The number of hydrogen-bond donors (Lipinski definition) is 1. The van der Waals surface area contributed by atoms with Gasteiger partial charge in [-0.05, 0) is 18.2 Å². The van der Waals surface area contributed by atoms with Gasteiger partial charge < -0.3 is 14.5 Å². The molecule has 1 fully saturated rings. The topological polar surface area (TPSA) is 34.0 Å². The molecule has 108 valence electrons. The number of amides is 1. The SMILES string of the molecule is COc1ccccc1/C=C/C[NH+]1CCN(C(C)=O)CC1. The standard InChI is InChI=1S/C16H22N2O2/c1-14(19)18-12-10-17(11-13-18)9-5-7-15-6-3-4-8-16(15)20-2/h3-8H,9-13H2,1-2H3/p+1/b7-5+. The molecule has 1 amide bonds. The summed E-state index contributed by atoms with van der Waals surface area (Å²) in [7, 11) is 1.69. The first-order valence-corrected chi connectivity index (χ1v) is 7.09. The molecule has 1 aromatic carbocycles. The Balaban J connectivity index is 1.84. The Morgan fingerprint density at radius 1 is 1.35 bits per heavy atom. The molecular formula is C16H23N2O2+. The summed E-state index contributed by atoms with van der Waals surface area (Å²) in [6.07, 6.45) is 4.31. The molecule has 0 aliphatic carbocycles. The van der Waals surface area contributed by atoms with Gasteiger partial charge in [0.05, 0.1) is 39.8 Å². The Morgan fingerprint density at radius 3 is 2.70 bits per heavy atom. The van der Waals surface area contributed by atoms with E-state index in [0.29, 0.717) is 0 Å². The predicted molar refractivity (Wildman–Crippen MR) is 79.8 cm³/mol. The van der Waals surface area contributed by atoms with Gasteiger partial charge in [0.2, 0.25) is 5.91 Å². The van der Waals surface area contributed by atoms with Crippen molar-refractivity contribution in [1.29, 1.82) is 0 Å². The molecule has 1 heterocycles. The first kappa shape index (κ1) is 14.6. The number of para-hydroxylation sites is 1. The zero-order chi connectivity index (χ0) is 14.4. The second-order valence-electron chi connectivity index (χ2n) is 5.10. The number of carbonyl (C=O) groups is 1. The van der Waals surface area contributed by atoms with Crippen LogP contribution in [0.25, 0.3) is 6.08 Å². The zero-order valence-electron chi connectivity index (χ0n) is 12.3. The smallest absolute Gasteiger partial charge is 0.219 e. The van der Waals surface area contributed by atoms with Crippen LogP contribution in [0.2, 0.25) is 0 Å². The molecule has 1 saturated heterocycles. The number of ether oxygens (including phenoxy) is 1. The Morgan fingerprint density at radius 2 is 2.05 bits per heavy atom. The number of methoxy groups -OCH3 is 1. The minimum Gasteiger partial charge on any atom is -0.496 e. The number of carbonyl (C=O) groups excluding carboxylic acids is 1. The maximum atomic E-state index is 11.3. The van der Waals surface area contributed by atoms with E-state index in [-0.39, 0.29) is 5.91 Å². The van der Waals surface area contributed by atoms with Gasteiger partial charge >= 0.3 is 0 Å². The van der Waals surface area contributed by atoms with Gasteiger partial charge in [0.1, 0.15) is 5.75 Å². The molecule has 0 atom stereocenters. The molecule has 0 unspecified atom stereocenters. The van der Waals surface area contributed by atoms with Gasteiger partial charge in [-0.25, -0.2) is 0 Å². The summed E-state index contributed by atoms with van der Waals surface area (Å²) < 4.78 is 5.33. The van der Waals surface area contributed by atoms with E-state index >= 15 is 0 Å². The summed E-state index contributed by atoms with van der Waals surface area (Å²) in [6.45, 7) is 6.42. The van der Waals surface area contributed by atoms with E-state index in [9.17, 15) is 4.79 Å². The zero-order valence-corrected chi connectivity index (χ0v) is 12.3. The third kappa shape index (κ3) is 3.84. The van der Waals surface area contributed by atoms with Crippen molar-refractivity contribution in [2.45, 2.75) is 6.92 Å². The number of quaternary nitrogens is 1. The van der Waals surface area contributed by atoms with Crippen molar-refractivity contribution in [2.75, 3.05) is 39.8 Å². The highest BCUT2D eigenvalue weighted by molar-refractivity contribution is 5.73. The maximum absolute atomic E-state index is 11.3. The van der Waals surface area contributed by atoms with Crippen molar-refractivity contribution in [3.63, 3.8) is 0 Å². The Bertz CT molecular complexity index is 477. The Kier molecular flexibility index (Phi) is 5.18. The van der Waals surface area contributed by atoms with Crippen LogP contribution in [0.1, 0.15) is 12.5 Å². The summed E-state index contributed by atoms with van der Waals surface area (Å²) in [5, 5.41) is 0. The lowest BCUT2D eigenvalue weighted by molar-refractivity contribution is -0.898. The lowest BCUT2D eigenvalue weighted by Gasteiger charge is -2.30. The minimum absolute atomic E-state index is 0.189. The highest BCUT2D eigenvalue weighted by atomic mass is 16.5. The third-order valence-corrected chi connectivity index (χ3v) is 3.76. The minimum atomic E-state index is 0.189. The van der Waals surface area contributed by atoms with Crippen LogP contribution in [0.3, 0.4) is 0 Å². The van der Waals surface area contributed by atoms with E-state index in [1.807, 2.05) is 23.1 Å². The van der Waals surface area contributed by atoms with Gasteiger partial charge in [-0.1, -0.05) is 18.2 Å². The van der Waals surface area contributed by atoms with Gasteiger partial charge in [0.25, 0.3) is 0 Å². The monoisotopic (exact) mass is 275 g/mol. The first-order valence-electron chi connectivity index (χ1n) is 7.09. The van der Waals surface area contributed by atoms with Crippen molar-refractivity contribution in [3.8, 4) is 5.75 Å². The van der Waals surface area contributed by atoms with Gasteiger partial charge in [0, 0.05) is 12.5 Å². The molecular weight excluding hydrogens is 252 g/mol. The molecule has 2 rings (SSSR count). The molecule has 0 bridgehead atoms.